The number of amides is 2. The second kappa shape index (κ2) is 5.89. The molecule has 3 nitrogen and oxygen atoms in total. The molecule has 0 saturated carbocycles. The van der Waals surface area contributed by atoms with Gasteiger partial charge in [0, 0.05) is 18.6 Å². The molecule has 0 aliphatic rings. The van der Waals surface area contributed by atoms with E-state index in [0.29, 0.717) is 0 Å². The lowest BCUT2D eigenvalue weighted by Crippen LogP contribution is -2.50. The molecule has 0 radical (unpaired) electrons. The molecule has 2 amide bonds. The van der Waals surface area contributed by atoms with E-state index < -0.39 is 0 Å². The van der Waals surface area contributed by atoms with Crippen LogP contribution in [0.25, 0.3) is 0 Å². The highest BCUT2D eigenvalue weighted by Gasteiger charge is 2.24. The summed E-state index contributed by atoms with van der Waals surface area (Å²) in [6, 6.07) is 0.0567. The fourth-order valence-corrected chi connectivity index (χ4v) is 1.29. The molecule has 0 aromatic rings. The minimum Gasteiger partial charge on any atom is -0.338 e. The second-order valence-corrected chi connectivity index (χ2v) is 4.55. The van der Waals surface area contributed by atoms with Gasteiger partial charge in [-0.15, -0.1) is 0 Å². The van der Waals surface area contributed by atoms with Crippen molar-refractivity contribution >= 4 is 6.03 Å². The summed E-state index contributed by atoms with van der Waals surface area (Å²) >= 11 is 0. The van der Waals surface area contributed by atoms with Gasteiger partial charge < -0.3 is 10.2 Å². The average molecular weight is 200 g/mol. The lowest BCUT2D eigenvalue weighted by Gasteiger charge is -2.35. The summed E-state index contributed by atoms with van der Waals surface area (Å²) in [5, 5.41) is 2.91. The van der Waals surface area contributed by atoms with E-state index in [4.69, 9.17) is 0 Å². The van der Waals surface area contributed by atoms with Crippen molar-refractivity contribution in [1.82, 2.24) is 10.2 Å². The van der Waals surface area contributed by atoms with Crippen LogP contribution in [0.1, 0.15) is 47.5 Å². The fourth-order valence-electron chi connectivity index (χ4n) is 1.29. The molecule has 3 heteroatoms. The van der Waals surface area contributed by atoms with Gasteiger partial charge in [-0.05, 0) is 33.6 Å². The van der Waals surface area contributed by atoms with E-state index in [1.54, 1.807) is 0 Å². The molecule has 0 aliphatic heterocycles. The van der Waals surface area contributed by atoms with Crippen molar-refractivity contribution in [2.45, 2.75) is 53.0 Å². The Morgan fingerprint density at radius 2 is 1.79 bits per heavy atom. The molecule has 84 valence electrons. The maximum atomic E-state index is 11.8. The van der Waals surface area contributed by atoms with Gasteiger partial charge in [0.05, 0.1) is 0 Å². The normalized spacial score (nSPS) is 11.2. The molecule has 0 aromatic heterocycles. The van der Waals surface area contributed by atoms with Crippen molar-refractivity contribution in [2.24, 2.45) is 0 Å². The molecule has 0 unspecified atom stereocenters. The van der Waals surface area contributed by atoms with Crippen LogP contribution >= 0.6 is 0 Å². The third-order valence-electron chi connectivity index (χ3n) is 2.03. The van der Waals surface area contributed by atoms with Gasteiger partial charge in [-0.3, -0.25) is 0 Å². The molecule has 0 heterocycles. The zero-order valence-corrected chi connectivity index (χ0v) is 10.2. The number of nitrogens with one attached hydrogen (secondary N) is 1. The molecule has 0 aromatic carbocycles. The molecule has 1 N–H and O–H groups in total. The molecule has 0 bridgehead atoms. The van der Waals surface area contributed by atoms with Gasteiger partial charge in [0.25, 0.3) is 0 Å². The molecule has 0 fully saturated rings. The summed E-state index contributed by atoms with van der Waals surface area (Å²) in [5.74, 6) is 0. The van der Waals surface area contributed by atoms with Crippen LogP contribution in [-0.4, -0.2) is 29.6 Å². The SMILES string of the molecule is CCCNC(=O)N(CCC)C(C)(C)C. The molecular formula is C11H24N2O. The number of hydrogen-bond acceptors (Lipinski definition) is 1. The first kappa shape index (κ1) is 13.3. The molecule has 14 heavy (non-hydrogen) atoms. The Hall–Kier alpha value is -0.730. The van der Waals surface area contributed by atoms with Gasteiger partial charge in [0.15, 0.2) is 0 Å². The topological polar surface area (TPSA) is 32.3 Å². The Bertz CT molecular complexity index is 173. The van der Waals surface area contributed by atoms with Crippen LogP contribution in [-0.2, 0) is 0 Å². The number of carbonyl (C=O) groups is 1. The predicted octanol–water partition coefficient (Wildman–Crippen LogP) is 2.62. The average Bonchev–Trinajstić information content (AvgIpc) is 2.08. The Labute approximate surface area is 87.9 Å². The van der Waals surface area contributed by atoms with E-state index in [1.165, 1.54) is 0 Å². The first-order chi connectivity index (χ1) is 6.43. The van der Waals surface area contributed by atoms with Crippen molar-refractivity contribution in [2.75, 3.05) is 13.1 Å². The van der Waals surface area contributed by atoms with Crippen LogP contribution in [0.4, 0.5) is 4.79 Å². The van der Waals surface area contributed by atoms with E-state index in [-0.39, 0.29) is 11.6 Å². The highest BCUT2D eigenvalue weighted by atomic mass is 16.2. The molecule has 0 spiro atoms. The van der Waals surface area contributed by atoms with Crippen LogP contribution in [0.3, 0.4) is 0 Å². The third-order valence-corrected chi connectivity index (χ3v) is 2.03. The van der Waals surface area contributed by atoms with Crippen molar-refractivity contribution in [3.05, 3.63) is 0 Å². The first-order valence-electron chi connectivity index (χ1n) is 5.49. The summed E-state index contributed by atoms with van der Waals surface area (Å²) in [6.45, 7) is 11.9. The number of nitrogens with zero attached hydrogens (tertiary/aromatic N) is 1. The van der Waals surface area contributed by atoms with E-state index in [9.17, 15) is 4.79 Å². The van der Waals surface area contributed by atoms with Crippen LogP contribution in [0.2, 0.25) is 0 Å². The Morgan fingerprint density at radius 3 is 2.14 bits per heavy atom. The standard InChI is InChI=1S/C11H24N2O/c1-6-8-12-10(14)13(9-7-2)11(3,4)5/h6-9H2,1-5H3,(H,12,14). The lowest BCUT2D eigenvalue weighted by atomic mass is 10.1. The summed E-state index contributed by atoms with van der Waals surface area (Å²) in [6.07, 6.45) is 1.98. The van der Waals surface area contributed by atoms with Crippen molar-refractivity contribution < 1.29 is 4.79 Å². The van der Waals surface area contributed by atoms with Crippen molar-refractivity contribution in [3.8, 4) is 0 Å². The summed E-state index contributed by atoms with van der Waals surface area (Å²) in [5.41, 5.74) is -0.0894. The fraction of sp³-hybridized carbons (Fsp3) is 0.909. The van der Waals surface area contributed by atoms with E-state index >= 15 is 0 Å². The van der Waals surface area contributed by atoms with Crippen LogP contribution in [0, 0.1) is 0 Å². The lowest BCUT2D eigenvalue weighted by molar-refractivity contribution is 0.145. The Balaban J connectivity index is 4.26. The minimum absolute atomic E-state index is 0.0567. The van der Waals surface area contributed by atoms with E-state index in [2.05, 4.69) is 39.9 Å². The third kappa shape index (κ3) is 4.49. The molecule has 0 atom stereocenters. The molecule has 0 aliphatic carbocycles. The predicted molar refractivity (Wildman–Crippen MR) is 60.4 cm³/mol. The second-order valence-electron chi connectivity index (χ2n) is 4.55. The van der Waals surface area contributed by atoms with E-state index in [0.717, 1.165) is 25.9 Å². The van der Waals surface area contributed by atoms with Crippen LogP contribution in [0.15, 0.2) is 0 Å². The zero-order valence-electron chi connectivity index (χ0n) is 10.2. The van der Waals surface area contributed by atoms with Gasteiger partial charge in [0.2, 0.25) is 0 Å². The Morgan fingerprint density at radius 1 is 1.21 bits per heavy atom. The number of carbonyl (C=O) groups excluding carboxylic acids is 1. The molecule has 0 rings (SSSR count). The number of urea groups is 1. The van der Waals surface area contributed by atoms with Crippen LogP contribution in [0.5, 0.6) is 0 Å². The maximum Gasteiger partial charge on any atom is 0.317 e. The highest BCUT2D eigenvalue weighted by Crippen LogP contribution is 2.13. The van der Waals surface area contributed by atoms with Gasteiger partial charge in [0.1, 0.15) is 0 Å². The van der Waals surface area contributed by atoms with Gasteiger partial charge >= 0.3 is 6.03 Å². The molecule has 0 saturated heterocycles. The summed E-state index contributed by atoms with van der Waals surface area (Å²) in [7, 11) is 0. The maximum absolute atomic E-state index is 11.8. The van der Waals surface area contributed by atoms with Crippen molar-refractivity contribution in [1.29, 1.82) is 0 Å². The smallest absolute Gasteiger partial charge is 0.317 e. The minimum atomic E-state index is -0.0894. The summed E-state index contributed by atoms with van der Waals surface area (Å²) < 4.78 is 0. The Kier molecular flexibility index (Phi) is 5.58. The van der Waals surface area contributed by atoms with E-state index in [1.807, 2.05) is 4.90 Å². The van der Waals surface area contributed by atoms with Gasteiger partial charge in [-0.1, -0.05) is 13.8 Å². The zero-order chi connectivity index (χ0) is 11.2. The van der Waals surface area contributed by atoms with Gasteiger partial charge in [-0.2, -0.15) is 0 Å². The number of hydrogen-bond donors (Lipinski definition) is 1. The largest absolute Gasteiger partial charge is 0.338 e. The quantitative estimate of drug-likeness (QED) is 0.743. The monoisotopic (exact) mass is 200 g/mol. The first-order valence-corrected chi connectivity index (χ1v) is 5.49. The van der Waals surface area contributed by atoms with Crippen molar-refractivity contribution in [3.63, 3.8) is 0 Å². The molecular weight excluding hydrogens is 176 g/mol. The highest BCUT2D eigenvalue weighted by molar-refractivity contribution is 5.74. The number of rotatable bonds is 4. The summed E-state index contributed by atoms with van der Waals surface area (Å²) in [4.78, 5) is 13.6. The van der Waals surface area contributed by atoms with Gasteiger partial charge in [-0.25, -0.2) is 4.79 Å². The van der Waals surface area contributed by atoms with Crippen LogP contribution < -0.4 is 5.32 Å².